The van der Waals surface area contributed by atoms with E-state index in [1.165, 1.54) is 0 Å². The number of aryl methyl sites for hydroxylation is 1. The quantitative estimate of drug-likeness (QED) is 0.788. The van der Waals surface area contributed by atoms with E-state index in [-0.39, 0.29) is 0 Å². The summed E-state index contributed by atoms with van der Waals surface area (Å²) in [5.74, 6) is 2.42. The van der Waals surface area contributed by atoms with Crippen LogP contribution < -0.4 is 10.6 Å². The zero-order valence-corrected chi connectivity index (χ0v) is 9.06. The van der Waals surface area contributed by atoms with Crippen LogP contribution in [0, 0.1) is 6.92 Å². The molecule has 0 radical (unpaired) electrons. The lowest BCUT2D eigenvalue weighted by Gasteiger charge is -2.03. The summed E-state index contributed by atoms with van der Waals surface area (Å²) < 4.78 is 4.96. The first-order valence-corrected chi connectivity index (χ1v) is 4.82. The predicted molar refractivity (Wildman–Crippen MR) is 57.9 cm³/mol. The van der Waals surface area contributed by atoms with Gasteiger partial charge in [0.2, 0.25) is 11.8 Å². The number of hydrogen-bond donors (Lipinski definition) is 2. The van der Waals surface area contributed by atoms with Crippen molar-refractivity contribution in [2.24, 2.45) is 0 Å². The topological polar surface area (TPSA) is 88.8 Å². The zero-order chi connectivity index (χ0) is 11.4. The molecule has 0 saturated carbocycles. The Kier molecular flexibility index (Phi) is 2.95. The fraction of sp³-hybridized carbons (Fsp3) is 0.333. The average molecular weight is 220 g/mol. The molecule has 0 aliphatic heterocycles. The number of aromatic nitrogens is 4. The first kappa shape index (κ1) is 10.3. The molecular formula is C9H12N6O. The molecule has 2 rings (SSSR count). The highest BCUT2D eigenvalue weighted by Gasteiger charge is 2.03. The summed E-state index contributed by atoms with van der Waals surface area (Å²) in [5, 5.41) is 9.61. The molecule has 0 aromatic carbocycles. The molecule has 0 atom stereocenters. The highest BCUT2D eigenvalue weighted by atomic mass is 16.5. The van der Waals surface area contributed by atoms with Crippen LogP contribution in [0.2, 0.25) is 0 Å². The Morgan fingerprint density at radius 3 is 2.94 bits per heavy atom. The summed E-state index contributed by atoms with van der Waals surface area (Å²) in [7, 11) is 1.76. The van der Waals surface area contributed by atoms with Crippen LogP contribution in [0.3, 0.4) is 0 Å². The molecule has 7 nitrogen and oxygen atoms in total. The molecule has 0 bridgehead atoms. The van der Waals surface area contributed by atoms with Crippen LogP contribution in [0.15, 0.2) is 16.8 Å². The van der Waals surface area contributed by atoms with Crippen LogP contribution in [0.25, 0.3) is 0 Å². The summed E-state index contributed by atoms with van der Waals surface area (Å²) in [6.45, 7) is 2.22. The molecule has 2 aromatic rings. The summed E-state index contributed by atoms with van der Waals surface area (Å²) in [6, 6.07) is 1.77. The first-order valence-electron chi connectivity index (χ1n) is 4.82. The molecule has 0 unspecified atom stereocenters. The van der Waals surface area contributed by atoms with E-state index in [2.05, 4.69) is 30.7 Å². The van der Waals surface area contributed by atoms with Crippen molar-refractivity contribution in [3.05, 3.63) is 24.0 Å². The van der Waals surface area contributed by atoms with Crippen molar-refractivity contribution >= 4 is 11.8 Å². The summed E-state index contributed by atoms with van der Waals surface area (Å²) in [5.41, 5.74) is 0. The molecule has 0 saturated heterocycles. The van der Waals surface area contributed by atoms with Gasteiger partial charge in [-0.25, -0.2) is 4.98 Å². The Hall–Kier alpha value is -2.18. The Morgan fingerprint density at radius 1 is 1.38 bits per heavy atom. The third-order valence-electron chi connectivity index (χ3n) is 1.87. The van der Waals surface area contributed by atoms with Crippen molar-refractivity contribution in [3.63, 3.8) is 0 Å². The van der Waals surface area contributed by atoms with Gasteiger partial charge in [-0.15, -0.1) is 0 Å². The van der Waals surface area contributed by atoms with Gasteiger partial charge in [-0.2, -0.15) is 9.97 Å². The van der Waals surface area contributed by atoms with E-state index in [4.69, 9.17) is 4.52 Å². The maximum Gasteiger partial charge on any atom is 0.245 e. The van der Waals surface area contributed by atoms with Crippen molar-refractivity contribution in [1.82, 2.24) is 20.1 Å². The van der Waals surface area contributed by atoms with E-state index in [0.717, 1.165) is 0 Å². The molecule has 0 aliphatic carbocycles. The maximum absolute atomic E-state index is 4.96. The number of nitrogens with one attached hydrogen (secondary N) is 2. The molecule has 84 valence electrons. The third kappa shape index (κ3) is 2.44. The lowest BCUT2D eigenvalue weighted by molar-refractivity contribution is 0.379. The molecule has 0 amide bonds. The lowest BCUT2D eigenvalue weighted by Crippen LogP contribution is -2.04. The van der Waals surface area contributed by atoms with Gasteiger partial charge in [0.15, 0.2) is 5.82 Å². The summed E-state index contributed by atoms with van der Waals surface area (Å²) >= 11 is 0. The monoisotopic (exact) mass is 220 g/mol. The fourth-order valence-corrected chi connectivity index (χ4v) is 1.16. The summed E-state index contributed by atoms with van der Waals surface area (Å²) in [4.78, 5) is 12.3. The van der Waals surface area contributed by atoms with Gasteiger partial charge in [-0.05, 0) is 13.0 Å². The zero-order valence-electron chi connectivity index (χ0n) is 9.06. The van der Waals surface area contributed by atoms with Gasteiger partial charge in [-0.1, -0.05) is 5.16 Å². The van der Waals surface area contributed by atoms with E-state index in [1.54, 1.807) is 26.2 Å². The van der Waals surface area contributed by atoms with Crippen molar-refractivity contribution in [2.75, 3.05) is 17.7 Å². The second-order valence-electron chi connectivity index (χ2n) is 3.10. The molecule has 0 fully saturated rings. The van der Waals surface area contributed by atoms with Gasteiger partial charge in [0, 0.05) is 13.2 Å². The van der Waals surface area contributed by atoms with Gasteiger partial charge in [0.1, 0.15) is 5.82 Å². The number of hydrogen-bond acceptors (Lipinski definition) is 7. The van der Waals surface area contributed by atoms with E-state index in [0.29, 0.717) is 30.0 Å². The Morgan fingerprint density at radius 2 is 2.25 bits per heavy atom. The van der Waals surface area contributed by atoms with Crippen LogP contribution in [0.1, 0.15) is 11.7 Å². The molecule has 2 aromatic heterocycles. The van der Waals surface area contributed by atoms with Crippen LogP contribution in [-0.2, 0) is 6.54 Å². The minimum absolute atomic E-state index is 0.445. The smallest absolute Gasteiger partial charge is 0.245 e. The van der Waals surface area contributed by atoms with Gasteiger partial charge >= 0.3 is 0 Å². The Labute approximate surface area is 92.3 Å². The van der Waals surface area contributed by atoms with Gasteiger partial charge in [0.25, 0.3) is 0 Å². The highest BCUT2D eigenvalue weighted by Crippen LogP contribution is 2.06. The van der Waals surface area contributed by atoms with Crippen molar-refractivity contribution < 1.29 is 4.52 Å². The first-order chi connectivity index (χ1) is 7.78. The van der Waals surface area contributed by atoms with E-state index < -0.39 is 0 Å². The third-order valence-corrected chi connectivity index (χ3v) is 1.87. The van der Waals surface area contributed by atoms with E-state index >= 15 is 0 Å². The minimum atomic E-state index is 0.445. The number of nitrogens with zero attached hydrogens (tertiary/aromatic N) is 4. The number of rotatable bonds is 4. The second-order valence-corrected chi connectivity index (χ2v) is 3.10. The van der Waals surface area contributed by atoms with Gasteiger partial charge in [0.05, 0.1) is 6.54 Å². The van der Waals surface area contributed by atoms with Crippen LogP contribution in [0.5, 0.6) is 0 Å². The highest BCUT2D eigenvalue weighted by molar-refractivity contribution is 5.38. The molecule has 2 heterocycles. The Balaban J connectivity index is 1.99. The average Bonchev–Trinajstić information content (AvgIpc) is 2.73. The Bertz CT molecular complexity index is 469. The number of anilines is 2. The van der Waals surface area contributed by atoms with Crippen molar-refractivity contribution in [2.45, 2.75) is 13.5 Å². The van der Waals surface area contributed by atoms with Crippen molar-refractivity contribution in [3.8, 4) is 0 Å². The minimum Gasteiger partial charge on any atom is -0.361 e. The molecule has 7 heteroatoms. The molecule has 0 aliphatic rings. The van der Waals surface area contributed by atoms with Gasteiger partial charge < -0.3 is 15.2 Å². The fourth-order valence-electron chi connectivity index (χ4n) is 1.16. The lowest BCUT2D eigenvalue weighted by atomic mass is 10.5. The largest absolute Gasteiger partial charge is 0.361 e. The standard InChI is InChI=1S/C9H12N6O/c1-6-13-8(16-15-6)5-12-7-3-4-11-9(10-2)14-7/h3-4H,5H2,1-2H3,(H2,10,11,12,14). The summed E-state index contributed by atoms with van der Waals surface area (Å²) in [6.07, 6.45) is 1.67. The SMILES string of the molecule is CNc1nccc(NCc2nc(C)no2)n1. The second kappa shape index (κ2) is 4.56. The van der Waals surface area contributed by atoms with Gasteiger partial charge in [-0.3, -0.25) is 0 Å². The molecule has 0 spiro atoms. The predicted octanol–water partition coefficient (Wildman–Crippen LogP) is 0.822. The van der Waals surface area contributed by atoms with E-state index in [9.17, 15) is 0 Å². The van der Waals surface area contributed by atoms with Crippen LogP contribution in [0.4, 0.5) is 11.8 Å². The molecular weight excluding hydrogens is 208 g/mol. The van der Waals surface area contributed by atoms with Crippen LogP contribution >= 0.6 is 0 Å². The molecule has 16 heavy (non-hydrogen) atoms. The van der Waals surface area contributed by atoms with Crippen LogP contribution in [-0.4, -0.2) is 27.2 Å². The normalized spacial score (nSPS) is 10.1. The maximum atomic E-state index is 4.96. The molecule has 2 N–H and O–H groups in total. The van der Waals surface area contributed by atoms with Crippen molar-refractivity contribution in [1.29, 1.82) is 0 Å². The van der Waals surface area contributed by atoms with E-state index in [1.807, 2.05) is 0 Å².